The summed E-state index contributed by atoms with van der Waals surface area (Å²) in [6, 6.07) is 5.53. The van der Waals surface area contributed by atoms with Gasteiger partial charge in [0, 0.05) is 41.5 Å². The Balaban J connectivity index is 1.61. The first-order valence-electron chi connectivity index (χ1n) is 9.01. The highest BCUT2D eigenvalue weighted by Gasteiger charge is 2.27. The number of rotatable bonds is 5. The molecule has 7 nitrogen and oxygen atoms in total. The van der Waals surface area contributed by atoms with Crippen LogP contribution in [0.1, 0.15) is 18.4 Å². The number of ketones is 1. The molecule has 3 N–H and O–H groups in total. The fraction of sp³-hybridized carbons (Fsp3) is 0.190. The maximum atomic E-state index is 12.1. The highest BCUT2D eigenvalue weighted by Crippen LogP contribution is 2.30. The van der Waals surface area contributed by atoms with E-state index in [1.165, 1.54) is 12.2 Å². The lowest BCUT2D eigenvalue weighted by atomic mass is 10.1. The van der Waals surface area contributed by atoms with Gasteiger partial charge in [0.25, 0.3) is 0 Å². The smallest absolute Gasteiger partial charge is 0.249 e. The molecule has 0 unspecified atom stereocenters. The minimum absolute atomic E-state index is 0.00282. The molecule has 28 heavy (non-hydrogen) atoms. The van der Waals surface area contributed by atoms with Crippen molar-refractivity contribution in [2.24, 2.45) is 5.92 Å². The average Bonchev–Trinajstić information content (AvgIpc) is 3.51. The number of carbonyl (C=O) groups excluding carboxylic acids is 2. The molecule has 7 heteroatoms. The molecule has 1 amide bonds. The molecule has 0 aliphatic heterocycles. The van der Waals surface area contributed by atoms with E-state index in [9.17, 15) is 9.59 Å². The second-order valence-corrected chi connectivity index (χ2v) is 6.87. The molecule has 3 aromatic rings. The predicted molar refractivity (Wildman–Crippen MR) is 107 cm³/mol. The van der Waals surface area contributed by atoms with Crippen LogP contribution in [0.15, 0.2) is 48.9 Å². The number of pyridine rings is 3. The number of nitrogens with zero attached hydrogens (tertiary/aromatic N) is 3. The number of anilines is 2. The third-order valence-corrected chi connectivity index (χ3v) is 4.69. The quantitative estimate of drug-likeness (QED) is 0.665. The third-order valence-electron chi connectivity index (χ3n) is 4.69. The lowest BCUT2D eigenvalue weighted by molar-refractivity contribution is -0.116. The first-order chi connectivity index (χ1) is 13.5. The fourth-order valence-corrected chi connectivity index (χ4v) is 2.94. The molecule has 4 rings (SSSR count). The second kappa shape index (κ2) is 7.19. The maximum absolute atomic E-state index is 12.1. The molecule has 0 aromatic carbocycles. The van der Waals surface area contributed by atoms with Gasteiger partial charge in [-0.15, -0.1) is 0 Å². The molecule has 0 bridgehead atoms. The Bertz CT molecular complexity index is 1120. The van der Waals surface area contributed by atoms with E-state index in [0.717, 1.165) is 29.4 Å². The largest absolute Gasteiger partial charge is 0.383 e. The van der Waals surface area contributed by atoms with Crippen LogP contribution in [0.5, 0.6) is 0 Å². The number of aryl methyl sites for hydroxylation is 1. The molecule has 0 saturated heterocycles. The molecular weight excluding hydrogens is 354 g/mol. The number of hydrogen-bond acceptors (Lipinski definition) is 6. The van der Waals surface area contributed by atoms with Crippen molar-refractivity contribution in [1.82, 2.24) is 15.0 Å². The average molecular weight is 373 g/mol. The number of amides is 1. The zero-order valence-corrected chi connectivity index (χ0v) is 15.3. The van der Waals surface area contributed by atoms with Gasteiger partial charge in [0.1, 0.15) is 11.6 Å². The van der Waals surface area contributed by atoms with E-state index < -0.39 is 5.91 Å². The van der Waals surface area contributed by atoms with E-state index in [0.29, 0.717) is 22.7 Å². The van der Waals surface area contributed by atoms with Crippen molar-refractivity contribution in [1.29, 1.82) is 0 Å². The summed E-state index contributed by atoms with van der Waals surface area (Å²) in [7, 11) is 0. The van der Waals surface area contributed by atoms with Gasteiger partial charge in [-0.1, -0.05) is 0 Å². The summed E-state index contributed by atoms with van der Waals surface area (Å²) in [5.74, 6) is 0.423. The second-order valence-electron chi connectivity index (χ2n) is 6.87. The highest BCUT2D eigenvalue weighted by molar-refractivity contribution is 6.05. The summed E-state index contributed by atoms with van der Waals surface area (Å²) < 4.78 is 0. The highest BCUT2D eigenvalue weighted by atomic mass is 16.1. The topological polar surface area (TPSA) is 111 Å². The predicted octanol–water partition coefficient (Wildman–Crippen LogP) is 3.06. The summed E-state index contributed by atoms with van der Waals surface area (Å²) in [4.78, 5) is 36.6. The number of nitrogen functional groups attached to an aromatic ring is 1. The summed E-state index contributed by atoms with van der Waals surface area (Å²) >= 11 is 0. The molecule has 1 fully saturated rings. The van der Waals surface area contributed by atoms with Crippen LogP contribution < -0.4 is 11.1 Å². The van der Waals surface area contributed by atoms with Crippen LogP contribution >= 0.6 is 0 Å². The zero-order chi connectivity index (χ0) is 19.7. The Morgan fingerprint density at radius 2 is 2.04 bits per heavy atom. The van der Waals surface area contributed by atoms with E-state index in [1.807, 2.05) is 19.1 Å². The molecule has 1 saturated carbocycles. The number of fused-ring (bicyclic) bond motifs is 1. The van der Waals surface area contributed by atoms with Crippen LogP contribution in [-0.2, 0) is 9.59 Å². The van der Waals surface area contributed by atoms with Crippen molar-refractivity contribution in [2.75, 3.05) is 11.1 Å². The van der Waals surface area contributed by atoms with Gasteiger partial charge in [0.05, 0.1) is 5.69 Å². The SMILES string of the molecule is Cc1ccncc1-c1cc2cc(NC(=O)/C=C\C(=O)C3CC3)ncc2c(N)n1. The fourth-order valence-electron chi connectivity index (χ4n) is 2.94. The zero-order valence-electron chi connectivity index (χ0n) is 15.3. The van der Waals surface area contributed by atoms with Gasteiger partial charge >= 0.3 is 0 Å². The number of aromatic nitrogens is 3. The molecule has 3 heterocycles. The Morgan fingerprint density at radius 3 is 2.79 bits per heavy atom. The summed E-state index contributed by atoms with van der Waals surface area (Å²) in [6.07, 6.45) is 9.44. The molecule has 0 spiro atoms. The Labute approximate surface area is 161 Å². The van der Waals surface area contributed by atoms with Crippen molar-refractivity contribution in [3.8, 4) is 11.3 Å². The van der Waals surface area contributed by atoms with E-state index >= 15 is 0 Å². The lowest BCUT2D eigenvalue weighted by Crippen LogP contribution is -2.10. The van der Waals surface area contributed by atoms with Crippen molar-refractivity contribution in [2.45, 2.75) is 19.8 Å². The van der Waals surface area contributed by atoms with Gasteiger partial charge in [0.15, 0.2) is 5.78 Å². The minimum atomic E-state index is -0.397. The normalized spacial score (nSPS) is 13.8. The van der Waals surface area contributed by atoms with Crippen LogP contribution in [0.2, 0.25) is 0 Å². The third kappa shape index (κ3) is 3.73. The molecule has 3 aromatic heterocycles. The first-order valence-corrected chi connectivity index (χ1v) is 9.01. The molecule has 1 aliphatic rings. The van der Waals surface area contributed by atoms with E-state index in [1.54, 1.807) is 24.7 Å². The molecule has 0 radical (unpaired) electrons. The van der Waals surface area contributed by atoms with Crippen molar-refractivity contribution >= 4 is 34.1 Å². The van der Waals surface area contributed by atoms with Gasteiger partial charge in [-0.2, -0.15) is 0 Å². The van der Waals surface area contributed by atoms with Crippen LogP contribution in [0, 0.1) is 12.8 Å². The minimum Gasteiger partial charge on any atom is -0.383 e. The number of allylic oxidation sites excluding steroid dienone is 1. The summed E-state index contributed by atoms with van der Waals surface area (Å²) in [5.41, 5.74) is 8.73. The number of hydrogen-bond donors (Lipinski definition) is 2. The van der Waals surface area contributed by atoms with Gasteiger partial charge in [0.2, 0.25) is 5.91 Å². The Hall–Kier alpha value is -3.61. The number of nitrogens with two attached hydrogens (primary N) is 1. The first kappa shape index (κ1) is 17.8. The summed E-state index contributed by atoms with van der Waals surface area (Å²) in [5, 5.41) is 4.17. The number of carbonyl (C=O) groups is 2. The van der Waals surface area contributed by atoms with Gasteiger partial charge in [-0.05, 0) is 55.0 Å². The van der Waals surface area contributed by atoms with Crippen LogP contribution in [0.4, 0.5) is 11.6 Å². The summed E-state index contributed by atoms with van der Waals surface area (Å²) in [6.45, 7) is 1.98. The van der Waals surface area contributed by atoms with Crippen molar-refractivity contribution < 1.29 is 9.59 Å². The van der Waals surface area contributed by atoms with Gasteiger partial charge in [-0.3, -0.25) is 14.6 Å². The van der Waals surface area contributed by atoms with Gasteiger partial charge < -0.3 is 11.1 Å². The van der Waals surface area contributed by atoms with Crippen LogP contribution in [-0.4, -0.2) is 26.6 Å². The van der Waals surface area contributed by atoms with Crippen molar-refractivity contribution in [3.05, 3.63) is 54.5 Å². The van der Waals surface area contributed by atoms with E-state index in [4.69, 9.17) is 5.73 Å². The van der Waals surface area contributed by atoms with Crippen LogP contribution in [0.25, 0.3) is 22.0 Å². The molecular formula is C21H19N5O2. The van der Waals surface area contributed by atoms with Crippen LogP contribution in [0.3, 0.4) is 0 Å². The standard InChI is InChI=1S/C21H19N5O2/c1-12-6-7-23-10-15(12)17-8-14-9-19(24-11-16(14)21(22)25-17)26-20(28)5-4-18(27)13-2-3-13/h4-11,13H,2-3H2,1H3,(H2,22,25)(H,24,26,28)/b5-4-. The Kier molecular flexibility index (Phi) is 4.57. The molecule has 1 aliphatic carbocycles. The monoisotopic (exact) mass is 373 g/mol. The van der Waals surface area contributed by atoms with E-state index in [-0.39, 0.29) is 11.7 Å². The lowest BCUT2D eigenvalue weighted by Gasteiger charge is -2.09. The Morgan fingerprint density at radius 1 is 1.21 bits per heavy atom. The van der Waals surface area contributed by atoms with Gasteiger partial charge in [-0.25, -0.2) is 9.97 Å². The number of nitrogens with one attached hydrogen (secondary N) is 1. The van der Waals surface area contributed by atoms with E-state index in [2.05, 4.69) is 20.3 Å². The molecule has 140 valence electrons. The molecule has 0 atom stereocenters. The van der Waals surface area contributed by atoms with Crippen molar-refractivity contribution in [3.63, 3.8) is 0 Å². The maximum Gasteiger partial charge on any atom is 0.249 e.